The Morgan fingerprint density at radius 2 is 2.07 bits per heavy atom. The van der Waals surface area contributed by atoms with Crippen LogP contribution >= 0.6 is 0 Å². The molecule has 2 saturated carbocycles. The number of amides is 2. The van der Waals surface area contributed by atoms with E-state index in [0.29, 0.717) is 66.4 Å². The number of aromatic nitrogens is 6. The highest BCUT2D eigenvalue weighted by atomic mass is 16.5. The summed E-state index contributed by atoms with van der Waals surface area (Å²) in [7, 11) is 1.28. The Kier molecular flexibility index (Phi) is 5.52. The number of fused-ring (bicyclic) bond motifs is 2. The van der Waals surface area contributed by atoms with Crippen molar-refractivity contribution in [2.45, 2.75) is 57.2 Å². The topological polar surface area (TPSA) is 173 Å². The lowest BCUT2D eigenvalue weighted by atomic mass is 10.2. The first kappa shape index (κ1) is 23.1. The van der Waals surface area contributed by atoms with E-state index < -0.39 is 30.2 Å². The number of carbonyl (C=O) groups is 2. The number of hydrogen-bond acceptors (Lipinski definition) is 9. The minimum Gasteiger partial charge on any atom is -0.476 e. The first-order valence-corrected chi connectivity index (χ1v) is 13.5. The molecule has 41 heavy (non-hydrogen) atoms. The van der Waals surface area contributed by atoms with Crippen molar-refractivity contribution in [3.63, 3.8) is 0 Å². The van der Waals surface area contributed by atoms with Crippen LogP contribution in [-0.2, 0) is 22.0 Å². The Morgan fingerprint density at radius 3 is 2.76 bits per heavy atom. The molecule has 0 saturated heterocycles. The van der Waals surface area contributed by atoms with Crippen LogP contribution in [-0.4, -0.2) is 60.6 Å². The minimum atomic E-state index is -2.74. The van der Waals surface area contributed by atoms with Crippen molar-refractivity contribution in [1.29, 1.82) is 0 Å². The van der Waals surface area contributed by atoms with Gasteiger partial charge in [-0.15, -0.1) is 5.10 Å². The van der Waals surface area contributed by atoms with Gasteiger partial charge in [-0.1, -0.05) is 6.92 Å². The number of methoxy groups -OCH3 is 1. The van der Waals surface area contributed by atoms with Gasteiger partial charge in [0.1, 0.15) is 17.2 Å². The lowest BCUT2D eigenvalue weighted by Crippen LogP contribution is -2.36. The molecular formula is C27H33N9O5. The number of ether oxygens (including phenoxy) is 2. The summed E-state index contributed by atoms with van der Waals surface area (Å²) in [5.74, 6) is 0.485. The molecule has 2 fully saturated rings. The Balaban J connectivity index is 1.40. The summed E-state index contributed by atoms with van der Waals surface area (Å²) in [5.41, 5.74) is 5.04. The zero-order valence-electron chi connectivity index (χ0n) is 25.9. The Hall–Kier alpha value is -4.62. The molecular weight excluding hydrogens is 530 g/mol. The van der Waals surface area contributed by atoms with E-state index in [2.05, 4.69) is 20.7 Å². The maximum atomic E-state index is 13.5. The van der Waals surface area contributed by atoms with Gasteiger partial charge in [-0.2, -0.15) is 0 Å². The van der Waals surface area contributed by atoms with Crippen LogP contribution in [0.4, 0.5) is 16.4 Å². The summed E-state index contributed by atoms with van der Waals surface area (Å²) in [4.78, 5) is 46.9. The van der Waals surface area contributed by atoms with Crippen LogP contribution in [0.5, 0.6) is 5.88 Å². The molecule has 4 heterocycles. The normalized spacial score (nSPS) is 25.0. The number of nitrogens with two attached hydrogens (primary N) is 1. The molecule has 4 N–H and O–H groups in total. The van der Waals surface area contributed by atoms with Crippen molar-refractivity contribution in [1.82, 2.24) is 34.2 Å². The fourth-order valence-corrected chi connectivity index (χ4v) is 5.93. The van der Waals surface area contributed by atoms with Gasteiger partial charge in [0, 0.05) is 29.2 Å². The molecule has 0 radical (unpaired) electrons. The zero-order valence-corrected chi connectivity index (χ0v) is 22.9. The molecule has 4 aromatic heterocycles. The maximum Gasteiger partial charge on any atom is 0.407 e. The van der Waals surface area contributed by atoms with E-state index in [-0.39, 0.29) is 23.5 Å². The highest BCUT2D eigenvalue weighted by Crippen LogP contribution is 2.51. The first-order valence-electron chi connectivity index (χ1n) is 15.0. The third-order valence-corrected chi connectivity index (χ3v) is 8.15. The number of anilines is 2. The van der Waals surface area contributed by atoms with E-state index in [0.717, 1.165) is 4.57 Å². The van der Waals surface area contributed by atoms with Crippen molar-refractivity contribution in [3.8, 4) is 5.88 Å². The Bertz CT molecular complexity index is 1850. The van der Waals surface area contributed by atoms with Crippen LogP contribution in [0.1, 0.15) is 49.7 Å². The molecule has 6 rings (SSSR count). The van der Waals surface area contributed by atoms with Crippen molar-refractivity contribution < 1.29 is 23.2 Å². The molecule has 2 aliphatic carbocycles. The SMILES string of the molecule is [2H]C([2H])([2H])n1c(=O)n(C2CCC(NC(=O)OC)C2)c2cc(Nc3ccc4c(OCC)nn(C5(C(N)=O)CC5C)c4n3)ncc21. The van der Waals surface area contributed by atoms with Gasteiger partial charge < -0.3 is 25.8 Å². The highest BCUT2D eigenvalue weighted by molar-refractivity contribution is 5.91. The number of alkyl carbamates (subject to hydrolysis) is 1. The summed E-state index contributed by atoms with van der Waals surface area (Å²) in [5, 5.41) is 11.1. The largest absolute Gasteiger partial charge is 0.476 e. The molecule has 0 spiro atoms. The van der Waals surface area contributed by atoms with Gasteiger partial charge in [-0.05, 0) is 50.7 Å². The third kappa shape index (κ3) is 4.24. The molecule has 2 aliphatic rings. The number of primary amides is 1. The van der Waals surface area contributed by atoms with E-state index in [1.165, 1.54) is 22.6 Å². The van der Waals surface area contributed by atoms with Gasteiger partial charge in [-0.3, -0.25) is 13.9 Å². The molecule has 14 heteroatoms. The molecule has 0 aromatic carbocycles. The lowest BCUT2D eigenvalue weighted by Gasteiger charge is -2.15. The van der Waals surface area contributed by atoms with Crippen molar-refractivity contribution in [2.24, 2.45) is 18.6 Å². The summed E-state index contributed by atoms with van der Waals surface area (Å²) < 4.78 is 38.2. The summed E-state index contributed by atoms with van der Waals surface area (Å²) in [6, 6.07) is 4.48. The molecule has 2 amide bonds. The number of carbonyl (C=O) groups excluding carboxylic acids is 2. The van der Waals surface area contributed by atoms with Gasteiger partial charge in [0.25, 0.3) is 0 Å². The number of aryl methyl sites for hydroxylation is 1. The van der Waals surface area contributed by atoms with E-state index in [1.807, 2.05) is 13.8 Å². The van der Waals surface area contributed by atoms with E-state index in [4.69, 9.17) is 24.3 Å². The molecule has 4 atom stereocenters. The highest BCUT2D eigenvalue weighted by Gasteiger charge is 2.60. The van der Waals surface area contributed by atoms with E-state index >= 15 is 0 Å². The number of nitrogens with zero attached hydrogens (tertiary/aromatic N) is 6. The Morgan fingerprint density at radius 1 is 1.27 bits per heavy atom. The predicted octanol–water partition coefficient (Wildman–Crippen LogP) is 2.29. The number of hydrogen-bond donors (Lipinski definition) is 3. The minimum absolute atomic E-state index is 0.0305. The van der Waals surface area contributed by atoms with Crippen molar-refractivity contribution in [2.75, 3.05) is 19.0 Å². The van der Waals surface area contributed by atoms with Gasteiger partial charge in [-0.25, -0.2) is 24.2 Å². The fraction of sp³-hybridized carbons (Fsp3) is 0.481. The van der Waals surface area contributed by atoms with Crippen LogP contribution in [0, 0.1) is 5.92 Å². The van der Waals surface area contributed by atoms with Crippen LogP contribution in [0.2, 0.25) is 0 Å². The number of nitrogens with one attached hydrogen (secondary N) is 2. The van der Waals surface area contributed by atoms with Gasteiger partial charge in [0.05, 0.1) is 36.3 Å². The van der Waals surface area contributed by atoms with E-state index in [9.17, 15) is 14.4 Å². The second kappa shape index (κ2) is 9.78. The lowest BCUT2D eigenvalue weighted by molar-refractivity contribution is -0.123. The quantitative estimate of drug-likeness (QED) is 0.289. The smallest absolute Gasteiger partial charge is 0.407 e. The molecule has 4 unspecified atom stereocenters. The third-order valence-electron chi connectivity index (χ3n) is 8.15. The second-order valence-electron chi connectivity index (χ2n) is 10.6. The average Bonchev–Trinajstić information content (AvgIpc) is 3.23. The van der Waals surface area contributed by atoms with Crippen LogP contribution < -0.4 is 26.8 Å². The van der Waals surface area contributed by atoms with Crippen LogP contribution in [0.15, 0.2) is 29.2 Å². The van der Waals surface area contributed by atoms with Gasteiger partial charge in [0.2, 0.25) is 11.8 Å². The zero-order chi connectivity index (χ0) is 31.6. The van der Waals surface area contributed by atoms with Crippen molar-refractivity contribution in [3.05, 3.63) is 34.9 Å². The predicted molar refractivity (Wildman–Crippen MR) is 150 cm³/mol. The molecule has 0 aliphatic heterocycles. The number of rotatable bonds is 8. The summed E-state index contributed by atoms with van der Waals surface area (Å²) in [6.45, 7) is 1.38. The summed E-state index contributed by atoms with van der Waals surface area (Å²) in [6.07, 6.45) is 2.85. The monoisotopic (exact) mass is 566 g/mol. The second-order valence-corrected chi connectivity index (χ2v) is 10.6. The fourth-order valence-electron chi connectivity index (χ4n) is 5.93. The van der Waals surface area contributed by atoms with Crippen molar-refractivity contribution >= 4 is 45.7 Å². The molecule has 14 nitrogen and oxygen atoms in total. The standard InChI is InChI=1S/C27H33N9O5/c1-5-41-23-17-8-9-20(32-22(17)36(33-23)27(24(28)37)12-14(27)2)31-21-11-18-19(13-29-21)34(3)26(39)35(18)16-7-6-15(10-16)30-25(38)40-4/h8-9,11,13-16H,5-7,10,12H2,1-4H3,(H2,28,37)(H,30,38)(H,29,31,32)/i3D3. The molecule has 216 valence electrons. The van der Waals surface area contributed by atoms with E-state index in [1.54, 1.807) is 18.2 Å². The average molecular weight is 567 g/mol. The first-order chi connectivity index (χ1) is 20.9. The van der Waals surface area contributed by atoms with Gasteiger partial charge in [0.15, 0.2) is 5.65 Å². The van der Waals surface area contributed by atoms with Crippen LogP contribution in [0.25, 0.3) is 22.1 Å². The molecule has 0 bridgehead atoms. The maximum absolute atomic E-state index is 13.5. The Labute approximate surface area is 239 Å². The van der Waals surface area contributed by atoms with Crippen LogP contribution in [0.3, 0.4) is 0 Å². The summed E-state index contributed by atoms with van der Waals surface area (Å²) >= 11 is 0. The number of imidazole rings is 1. The van der Waals surface area contributed by atoms with Gasteiger partial charge >= 0.3 is 11.8 Å². The molecule has 4 aromatic rings. The number of pyridine rings is 2.